The predicted octanol–water partition coefficient (Wildman–Crippen LogP) is 3.52. The smallest absolute Gasteiger partial charge is 0.308 e. The van der Waals surface area contributed by atoms with Crippen molar-refractivity contribution in [1.82, 2.24) is 4.31 Å². The van der Waals surface area contributed by atoms with Gasteiger partial charge in [0.15, 0.2) is 0 Å². The summed E-state index contributed by atoms with van der Waals surface area (Å²) in [5, 5.41) is 0. The Morgan fingerprint density at radius 1 is 1.04 bits per heavy atom. The lowest BCUT2D eigenvalue weighted by Gasteiger charge is -2.41. The van der Waals surface area contributed by atoms with Crippen molar-refractivity contribution in [2.24, 2.45) is 11.8 Å². The Morgan fingerprint density at radius 3 is 2.42 bits per heavy atom. The lowest BCUT2D eigenvalue weighted by molar-refractivity contribution is -0.146. The van der Waals surface area contributed by atoms with Gasteiger partial charge in [-0.25, -0.2) is 8.42 Å². The summed E-state index contributed by atoms with van der Waals surface area (Å²) in [4.78, 5) is 12.4. The first-order valence-electron chi connectivity index (χ1n) is 9.60. The van der Waals surface area contributed by atoms with Gasteiger partial charge in [0.1, 0.15) is 0 Å². The minimum atomic E-state index is -3.56. The summed E-state index contributed by atoms with van der Waals surface area (Å²) in [6.45, 7) is 2.34. The van der Waals surface area contributed by atoms with Crippen LogP contribution < -0.4 is 0 Å². The zero-order chi connectivity index (χ0) is 18.7. The van der Waals surface area contributed by atoms with Crippen LogP contribution in [0, 0.1) is 18.8 Å². The summed E-state index contributed by atoms with van der Waals surface area (Å²) < 4.78 is 33.4. The predicted molar refractivity (Wildman–Crippen MR) is 100 cm³/mol. The molecule has 1 aliphatic heterocycles. The maximum atomic E-state index is 13.4. The Labute approximate surface area is 156 Å². The molecule has 1 aromatic rings. The zero-order valence-electron chi connectivity index (χ0n) is 15.7. The Balaban J connectivity index is 1.92. The van der Waals surface area contributed by atoms with Crippen LogP contribution in [-0.2, 0) is 19.6 Å². The number of rotatable bonds is 3. The normalized spacial score (nSPS) is 27.8. The van der Waals surface area contributed by atoms with Gasteiger partial charge in [-0.3, -0.25) is 4.79 Å². The van der Waals surface area contributed by atoms with Gasteiger partial charge in [0.25, 0.3) is 0 Å². The van der Waals surface area contributed by atoms with Gasteiger partial charge >= 0.3 is 5.97 Å². The van der Waals surface area contributed by atoms with E-state index >= 15 is 0 Å². The molecule has 1 saturated heterocycles. The Bertz CT molecular complexity index is 729. The lowest BCUT2D eigenvalue weighted by Crippen LogP contribution is -2.48. The molecule has 5 nitrogen and oxygen atoms in total. The number of hydrogen-bond donors (Lipinski definition) is 0. The van der Waals surface area contributed by atoms with Crippen molar-refractivity contribution in [3.05, 3.63) is 29.8 Å². The van der Waals surface area contributed by atoms with Crippen molar-refractivity contribution in [3.63, 3.8) is 0 Å². The van der Waals surface area contributed by atoms with Gasteiger partial charge in [0.2, 0.25) is 10.0 Å². The lowest BCUT2D eigenvalue weighted by atomic mass is 9.78. The molecule has 1 aliphatic carbocycles. The first-order valence-corrected chi connectivity index (χ1v) is 11.0. The molecule has 3 atom stereocenters. The number of ether oxygens (including phenoxy) is 1. The van der Waals surface area contributed by atoms with Gasteiger partial charge in [-0.15, -0.1) is 0 Å². The summed E-state index contributed by atoms with van der Waals surface area (Å²) in [6, 6.07) is 7.12. The van der Waals surface area contributed by atoms with Crippen LogP contribution in [0.4, 0.5) is 0 Å². The molecular weight excluding hydrogens is 350 g/mol. The van der Waals surface area contributed by atoms with Crippen LogP contribution in [0.15, 0.2) is 29.2 Å². The fraction of sp³-hybridized carbons (Fsp3) is 0.650. The molecule has 0 amide bonds. The standard InChI is InChI=1S/C20H29NO4S/c1-15-7-11-18(12-8-15)26(23,24)21-14-13-17(20(22)25-2)10-9-16-5-3-4-6-19(16)21/h7-8,11-12,16-17,19H,3-6,9-10,13-14H2,1-2H3/t16-,17-,19+/m1/s1. The fourth-order valence-corrected chi connectivity index (χ4v) is 6.19. The fourth-order valence-electron chi connectivity index (χ4n) is 4.46. The van der Waals surface area contributed by atoms with E-state index in [9.17, 15) is 13.2 Å². The van der Waals surface area contributed by atoms with Crippen LogP contribution in [0.25, 0.3) is 0 Å². The highest BCUT2D eigenvalue weighted by atomic mass is 32.2. The van der Waals surface area contributed by atoms with Crippen molar-refractivity contribution in [3.8, 4) is 0 Å². The summed E-state index contributed by atoms with van der Waals surface area (Å²) in [7, 11) is -2.16. The van der Waals surface area contributed by atoms with Crippen molar-refractivity contribution >= 4 is 16.0 Å². The molecule has 0 aromatic heterocycles. The molecule has 0 spiro atoms. The number of methoxy groups -OCH3 is 1. The van der Waals surface area contributed by atoms with E-state index in [0.717, 1.165) is 44.1 Å². The van der Waals surface area contributed by atoms with E-state index in [4.69, 9.17) is 4.74 Å². The number of carbonyl (C=O) groups excluding carboxylic acids is 1. The number of carbonyl (C=O) groups is 1. The first kappa shape index (κ1) is 19.4. The molecule has 1 aromatic carbocycles. The molecule has 2 fully saturated rings. The SMILES string of the molecule is COC(=O)[C@@H]1CC[C@H]2CCCC[C@@H]2N(S(=O)(=O)c2ccc(C)cc2)CC1. The molecule has 144 valence electrons. The topological polar surface area (TPSA) is 63.7 Å². The number of esters is 1. The largest absolute Gasteiger partial charge is 0.469 e. The van der Waals surface area contributed by atoms with Crippen LogP contribution in [0.1, 0.15) is 50.5 Å². The molecule has 3 rings (SSSR count). The van der Waals surface area contributed by atoms with Crippen molar-refractivity contribution < 1.29 is 17.9 Å². The van der Waals surface area contributed by atoms with Crippen molar-refractivity contribution in [1.29, 1.82) is 0 Å². The molecule has 2 aliphatic rings. The number of nitrogens with zero attached hydrogens (tertiary/aromatic N) is 1. The van der Waals surface area contributed by atoms with Crippen LogP contribution in [0.5, 0.6) is 0 Å². The number of benzene rings is 1. The third-order valence-electron chi connectivity index (χ3n) is 5.98. The van der Waals surface area contributed by atoms with E-state index in [1.807, 2.05) is 19.1 Å². The molecular formula is C20H29NO4S. The van der Waals surface area contributed by atoms with Crippen LogP contribution in [-0.4, -0.2) is 38.4 Å². The summed E-state index contributed by atoms with van der Waals surface area (Å²) in [6.07, 6.45) is 6.39. The minimum absolute atomic E-state index is 0.0497. The molecule has 26 heavy (non-hydrogen) atoms. The second-order valence-electron chi connectivity index (χ2n) is 7.63. The van der Waals surface area contributed by atoms with Crippen LogP contribution >= 0.6 is 0 Å². The first-order chi connectivity index (χ1) is 12.4. The molecule has 1 heterocycles. The molecule has 0 bridgehead atoms. The van der Waals surface area contributed by atoms with Gasteiger partial charge in [-0.05, 0) is 57.1 Å². The Kier molecular flexibility index (Phi) is 6.03. The second kappa shape index (κ2) is 8.09. The maximum Gasteiger partial charge on any atom is 0.308 e. The van der Waals surface area contributed by atoms with Gasteiger partial charge in [-0.2, -0.15) is 4.31 Å². The van der Waals surface area contributed by atoms with E-state index in [0.29, 0.717) is 23.8 Å². The van der Waals surface area contributed by atoms with E-state index in [2.05, 4.69) is 0 Å². The van der Waals surface area contributed by atoms with Crippen LogP contribution in [0.3, 0.4) is 0 Å². The summed E-state index contributed by atoms with van der Waals surface area (Å²) in [5.41, 5.74) is 1.04. The third-order valence-corrected chi connectivity index (χ3v) is 7.92. The average molecular weight is 380 g/mol. The Morgan fingerprint density at radius 2 is 1.73 bits per heavy atom. The minimum Gasteiger partial charge on any atom is -0.469 e. The third kappa shape index (κ3) is 3.96. The molecule has 0 unspecified atom stereocenters. The van der Waals surface area contributed by atoms with E-state index < -0.39 is 10.0 Å². The average Bonchev–Trinajstić information content (AvgIpc) is 2.62. The molecule has 1 saturated carbocycles. The van der Waals surface area contributed by atoms with E-state index in [1.165, 1.54) is 7.11 Å². The van der Waals surface area contributed by atoms with Crippen LogP contribution in [0.2, 0.25) is 0 Å². The molecule has 6 heteroatoms. The van der Waals surface area contributed by atoms with E-state index in [-0.39, 0.29) is 17.9 Å². The van der Waals surface area contributed by atoms with Gasteiger partial charge in [0, 0.05) is 12.6 Å². The zero-order valence-corrected chi connectivity index (χ0v) is 16.5. The Hall–Kier alpha value is -1.40. The highest BCUT2D eigenvalue weighted by Gasteiger charge is 2.40. The quantitative estimate of drug-likeness (QED) is 0.754. The monoisotopic (exact) mass is 379 g/mol. The van der Waals surface area contributed by atoms with Gasteiger partial charge in [0.05, 0.1) is 17.9 Å². The summed E-state index contributed by atoms with van der Waals surface area (Å²) >= 11 is 0. The second-order valence-corrected chi connectivity index (χ2v) is 9.52. The number of sulfonamides is 1. The van der Waals surface area contributed by atoms with Gasteiger partial charge in [-0.1, -0.05) is 30.5 Å². The summed E-state index contributed by atoms with van der Waals surface area (Å²) in [5.74, 6) is -0.0954. The van der Waals surface area contributed by atoms with Crippen molar-refractivity contribution in [2.75, 3.05) is 13.7 Å². The van der Waals surface area contributed by atoms with Crippen molar-refractivity contribution in [2.45, 2.75) is 62.8 Å². The highest BCUT2D eigenvalue weighted by molar-refractivity contribution is 7.89. The van der Waals surface area contributed by atoms with E-state index in [1.54, 1.807) is 16.4 Å². The highest BCUT2D eigenvalue weighted by Crippen LogP contribution is 2.38. The number of hydrogen-bond acceptors (Lipinski definition) is 4. The molecule has 0 N–H and O–H groups in total. The molecule has 0 radical (unpaired) electrons. The number of aryl methyl sites for hydroxylation is 1. The number of fused-ring (bicyclic) bond motifs is 1. The maximum absolute atomic E-state index is 13.4. The van der Waals surface area contributed by atoms with Gasteiger partial charge < -0.3 is 4.74 Å².